The second-order valence-electron chi connectivity index (χ2n) is 4.35. The molecule has 1 heterocycles. The van der Waals surface area contributed by atoms with Crippen LogP contribution in [0.15, 0.2) is 24.3 Å². The Morgan fingerprint density at radius 3 is 2.67 bits per heavy atom. The van der Waals surface area contributed by atoms with Crippen LogP contribution >= 0.6 is 23.4 Å². The first-order valence-corrected chi connectivity index (χ1v) is 6.58. The van der Waals surface area contributed by atoms with Gasteiger partial charge in [0.25, 0.3) is 0 Å². The molecule has 1 fully saturated rings. The molecule has 0 aromatic heterocycles. The van der Waals surface area contributed by atoms with Gasteiger partial charge in [0, 0.05) is 22.4 Å². The molecule has 15 heavy (non-hydrogen) atoms. The van der Waals surface area contributed by atoms with Crippen molar-refractivity contribution in [1.29, 1.82) is 0 Å². The van der Waals surface area contributed by atoms with Gasteiger partial charge >= 0.3 is 0 Å². The van der Waals surface area contributed by atoms with Gasteiger partial charge in [0.1, 0.15) is 0 Å². The summed E-state index contributed by atoms with van der Waals surface area (Å²) in [5, 5.41) is 11.7. The monoisotopic (exact) mass is 242 g/mol. The third kappa shape index (κ3) is 2.90. The first-order chi connectivity index (χ1) is 7.07. The minimum Gasteiger partial charge on any atom is -0.389 e. The Bertz CT molecular complexity index is 338. The molecule has 0 bridgehead atoms. The summed E-state index contributed by atoms with van der Waals surface area (Å²) in [6, 6.07) is 7.75. The molecule has 0 amide bonds. The molecular formula is C12H15ClOS. The Morgan fingerprint density at radius 1 is 1.47 bits per heavy atom. The van der Waals surface area contributed by atoms with Gasteiger partial charge in [-0.1, -0.05) is 30.7 Å². The van der Waals surface area contributed by atoms with Crippen LogP contribution in [0.4, 0.5) is 0 Å². The molecule has 2 atom stereocenters. The van der Waals surface area contributed by atoms with E-state index in [2.05, 4.69) is 6.92 Å². The molecule has 3 heteroatoms. The highest BCUT2D eigenvalue weighted by atomic mass is 35.5. The molecule has 0 saturated carbocycles. The largest absolute Gasteiger partial charge is 0.389 e. The molecule has 1 N–H and O–H groups in total. The average molecular weight is 243 g/mol. The molecule has 2 unspecified atom stereocenters. The van der Waals surface area contributed by atoms with Crippen LogP contribution in [0.2, 0.25) is 5.02 Å². The fourth-order valence-corrected chi connectivity index (χ4v) is 3.42. The van der Waals surface area contributed by atoms with Crippen molar-refractivity contribution in [3.8, 4) is 0 Å². The summed E-state index contributed by atoms with van der Waals surface area (Å²) in [7, 11) is 0. The molecule has 0 radical (unpaired) electrons. The Hall–Kier alpha value is -0.180. The van der Waals surface area contributed by atoms with E-state index in [-0.39, 0.29) is 0 Å². The van der Waals surface area contributed by atoms with E-state index in [0.29, 0.717) is 5.25 Å². The molecule has 1 aromatic rings. The van der Waals surface area contributed by atoms with Crippen LogP contribution in [0.5, 0.6) is 0 Å². The molecule has 1 nitrogen and oxygen atoms in total. The molecule has 82 valence electrons. The van der Waals surface area contributed by atoms with Crippen molar-refractivity contribution >= 4 is 23.4 Å². The van der Waals surface area contributed by atoms with Gasteiger partial charge in [-0.25, -0.2) is 0 Å². The molecule has 1 saturated heterocycles. The van der Waals surface area contributed by atoms with Crippen molar-refractivity contribution in [3.05, 3.63) is 34.9 Å². The number of halogens is 1. The van der Waals surface area contributed by atoms with Gasteiger partial charge in [-0.15, -0.1) is 0 Å². The lowest BCUT2D eigenvalue weighted by Gasteiger charge is -2.21. The predicted molar refractivity (Wildman–Crippen MR) is 66.6 cm³/mol. The number of hydrogen-bond donors (Lipinski definition) is 1. The van der Waals surface area contributed by atoms with E-state index >= 15 is 0 Å². The summed E-state index contributed by atoms with van der Waals surface area (Å²) < 4.78 is 0. The molecule has 1 aliphatic rings. The average Bonchev–Trinajstić information content (AvgIpc) is 2.50. The van der Waals surface area contributed by atoms with E-state index in [9.17, 15) is 5.11 Å². The van der Waals surface area contributed by atoms with Crippen LogP contribution < -0.4 is 0 Å². The van der Waals surface area contributed by atoms with E-state index < -0.39 is 5.60 Å². The quantitative estimate of drug-likeness (QED) is 0.860. The van der Waals surface area contributed by atoms with Gasteiger partial charge in [-0.3, -0.25) is 0 Å². The van der Waals surface area contributed by atoms with Gasteiger partial charge in [0.05, 0.1) is 5.60 Å². The Labute approximate surface area is 99.8 Å². The van der Waals surface area contributed by atoms with Gasteiger partial charge in [-0.05, 0) is 24.1 Å². The summed E-state index contributed by atoms with van der Waals surface area (Å²) in [5.74, 6) is 0.844. The van der Waals surface area contributed by atoms with Crippen molar-refractivity contribution in [2.45, 2.75) is 30.6 Å². The smallest absolute Gasteiger partial charge is 0.0788 e. The molecular weight excluding hydrogens is 228 g/mol. The van der Waals surface area contributed by atoms with Crippen LogP contribution in [0, 0.1) is 0 Å². The first kappa shape index (κ1) is 11.3. The van der Waals surface area contributed by atoms with Crippen molar-refractivity contribution in [3.63, 3.8) is 0 Å². The molecule has 2 rings (SSSR count). The SMILES string of the molecule is CC1CC(O)(Cc2ccc(Cl)cc2)CS1. The highest BCUT2D eigenvalue weighted by molar-refractivity contribution is 8.00. The number of aliphatic hydroxyl groups is 1. The summed E-state index contributed by atoms with van der Waals surface area (Å²) in [4.78, 5) is 0. The van der Waals surface area contributed by atoms with Crippen LogP contribution in [0.25, 0.3) is 0 Å². The van der Waals surface area contributed by atoms with E-state index in [4.69, 9.17) is 11.6 Å². The second-order valence-corrected chi connectivity index (χ2v) is 6.22. The topological polar surface area (TPSA) is 20.2 Å². The maximum absolute atomic E-state index is 10.3. The lowest BCUT2D eigenvalue weighted by Crippen LogP contribution is -2.31. The van der Waals surface area contributed by atoms with Crippen LogP contribution in [0.3, 0.4) is 0 Å². The number of thioether (sulfide) groups is 1. The van der Waals surface area contributed by atoms with Crippen molar-refractivity contribution in [1.82, 2.24) is 0 Å². The fraction of sp³-hybridized carbons (Fsp3) is 0.500. The summed E-state index contributed by atoms with van der Waals surface area (Å²) in [6.07, 6.45) is 1.63. The minimum absolute atomic E-state index is 0.516. The zero-order valence-electron chi connectivity index (χ0n) is 8.74. The first-order valence-electron chi connectivity index (χ1n) is 5.16. The van der Waals surface area contributed by atoms with E-state index in [1.54, 1.807) is 0 Å². The van der Waals surface area contributed by atoms with E-state index in [1.807, 2.05) is 36.0 Å². The highest BCUT2D eigenvalue weighted by Gasteiger charge is 2.35. The lowest BCUT2D eigenvalue weighted by molar-refractivity contribution is 0.0642. The van der Waals surface area contributed by atoms with Crippen molar-refractivity contribution < 1.29 is 5.11 Å². The lowest BCUT2D eigenvalue weighted by atomic mass is 9.92. The molecule has 0 spiro atoms. The summed E-state index contributed by atoms with van der Waals surface area (Å²) in [5.41, 5.74) is 0.648. The minimum atomic E-state index is -0.516. The van der Waals surface area contributed by atoms with E-state index in [1.165, 1.54) is 0 Å². The third-order valence-corrected chi connectivity index (χ3v) is 4.44. The van der Waals surface area contributed by atoms with Gasteiger partial charge < -0.3 is 5.11 Å². The number of hydrogen-bond acceptors (Lipinski definition) is 2. The van der Waals surface area contributed by atoms with E-state index in [0.717, 1.165) is 29.2 Å². The van der Waals surface area contributed by atoms with Crippen LogP contribution in [0.1, 0.15) is 18.9 Å². The third-order valence-electron chi connectivity index (χ3n) is 2.75. The van der Waals surface area contributed by atoms with Gasteiger partial charge in [-0.2, -0.15) is 11.8 Å². The Kier molecular flexibility index (Phi) is 3.29. The highest BCUT2D eigenvalue weighted by Crippen LogP contribution is 2.36. The van der Waals surface area contributed by atoms with Crippen molar-refractivity contribution in [2.75, 3.05) is 5.75 Å². The normalized spacial score (nSPS) is 30.7. The van der Waals surface area contributed by atoms with Gasteiger partial charge in [0.15, 0.2) is 0 Å². The Morgan fingerprint density at radius 2 is 2.13 bits per heavy atom. The predicted octanol–water partition coefficient (Wildman–Crippen LogP) is 3.14. The number of rotatable bonds is 2. The molecule has 1 aliphatic heterocycles. The zero-order chi connectivity index (χ0) is 10.9. The van der Waals surface area contributed by atoms with Crippen LogP contribution in [-0.2, 0) is 6.42 Å². The zero-order valence-corrected chi connectivity index (χ0v) is 10.3. The maximum atomic E-state index is 10.3. The second kappa shape index (κ2) is 4.36. The van der Waals surface area contributed by atoms with Crippen molar-refractivity contribution in [2.24, 2.45) is 0 Å². The fourth-order valence-electron chi connectivity index (χ4n) is 2.06. The van der Waals surface area contributed by atoms with Gasteiger partial charge in [0.2, 0.25) is 0 Å². The maximum Gasteiger partial charge on any atom is 0.0788 e. The standard InChI is InChI=1S/C12H15ClOS/c1-9-6-12(14,8-15-9)7-10-2-4-11(13)5-3-10/h2-5,9,14H,6-8H2,1H3. The number of benzene rings is 1. The molecule has 1 aromatic carbocycles. The summed E-state index contributed by atoms with van der Waals surface area (Å²) >= 11 is 7.67. The molecule has 0 aliphatic carbocycles. The Balaban J connectivity index is 2.05. The van der Waals surface area contributed by atoms with Crippen LogP contribution in [-0.4, -0.2) is 21.7 Å². The summed E-state index contributed by atoms with van der Waals surface area (Å²) in [6.45, 7) is 2.17.